The van der Waals surface area contributed by atoms with Crippen LogP contribution in [-0.2, 0) is 0 Å². The Kier molecular flexibility index (Phi) is 3.38. The molecule has 0 aromatic heterocycles. The van der Waals surface area contributed by atoms with Crippen molar-refractivity contribution in [2.45, 2.75) is 38.1 Å². The lowest BCUT2D eigenvalue weighted by atomic mass is 9.96. The van der Waals surface area contributed by atoms with E-state index in [1.807, 2.05) is 31.2 Å². The smallest absolute Gasteiger partial charge is 0.254 e. The summed E-state index contributed by atoms with van der Waals surface area (Å²) in [5.74, 6) is -0.0570. The van der Waals surface area contributed by atoms with Gasteiger partial charge >= 0.3 is 0 Å². The number of hydrogen-bond donors (Lipinski definition) is 0. The van der Waals surface area contributed by atoms with Crippen LogP contribution < -0.4 is 0 Å². The summed E-state index contributed by atoms with van der Waals surface area (Å²) in [6.45, 7) is 1.99. The van der Waals surface area contributed by atoms with Crippen LogP contribution >= 0.6 is 0 Å². The molecule has 0 N–H and O–H groups in total. The number of carbonyl (C=O) groups excluding carboxylic acids is 1. The van der Waals surface area contributed by atoms with Gasteiger partial charge in [-0.25, -0.2) is 0 Å². The van der Waals surface area contributed by atoms with Gasteiger partial charge in [0.1, 0.15) is 5.54 Å². The third kappa shape index (κ3) is 2.11. The lowest BCUT2D eigenvalue weighted by Gasteiger charge is -2.32. The van der Waals surface area contributed by atoms with E-state index in [0.717, 1.165) is 31.2 Å². The standard InChI is InChI=1S/C15H18N2O/c1-12-5-7-13(8-6-12)14(18)17(2)15(11-16)9-3-4-10-15/h5-8H,3-4,9-10H2,1-2H3. The van der Waals surface area contributed by atoms with Crippen molar-refractivity contribution in [3.63, 3.8) is 0 Å². The van der Waals surface area contributed by atoms with E-state index in [2.05, 4.69) is 6.07 Å². The molecule has 1 saturated carbocycles. The first-order valence-electron chi connectivity index (χ1n) is 6.35. The second-order valence-electron chi connectivity index (χ2n) is 5.08. The molecule has 1 aliphatic carbocycles. The van der Waals surface area contributed by atoms with Gasteiger partial charge in [0.25, 0.3) is 5.91 Å². The summed E-state index contributed by atoms with van der Waals surface area (Å²) in [5, 5.41) is 9.38. The highest BCUT2D eigenvalue weighted by molar-refractivity contribution is 5.94. The molecule has 1 amide bonds. The molecule has 3 heteroatoms. The Bertz CT molecular complexity index is 478. The van der Waals surface area contributed by atoms with Crippen molar-refractivity contribution in [1.29, 1.82) is 5.26 Å². The molecule has 0 atom stereocenters. The van der Waals surface area contributed by atoms with E-state index in [1.54, 1.807) is 11.9 Å². The van der Waals surface area contributed by atoms with Gasteiger partial charge in [0.15, 0.2) is 0 Å². The topological polar surface area (TPSA) is 44.1 Å². The van der Waals surface area contributed by atoms with Crippen LogP contribution in [0.15, 0.2) is 24.3 Å². The van der Waals surface area contributed by atoms with Crippen molar-refractivity contribution in [1.82, 2.24) is 4.90 Å². The van der Waals surface area contributed by atoms with E-state index in [-0.39, 0.29) is 5.91 Å². The van der Waals surface area contributed by atoms with E-state index in [4.69, 9.17) is 0 Å². The summed E-state index contributed by atoms with van der Waals surface area (Å²) < 4.78 is 0. The molecule has 0 unspecified atom stereocenters. The molecule has 0 heterocycles. The average molecular weight is 242 g/mol. The van der Waals surface area contributed by atoms with Crippen LogP contribution in [0.25, 0.3) is 0 Å². The number of carbonyl (C=O) groups is 1. The summed E-state index contributed by atoms with van der Waals surface area (Å²) in [6, 6.07) is 9.85. The Morgan fingerprint density at radius 2 is 1.83 bits per heavy atom. The SMILES string of the molecule is Cc1ccc(C(=O)N(C)C2(C#N)CCCC2)cc1. The summed E-state index contributed by atoms with van der Waals surface area (Å²) in [6.07, 6.45) is 3.63. The van der Waals surface area contributed by atoms with Gasteiger partial charge in [0.05, 0.1) is 6.07 Å². The first-order chi connectivity index (χ1) is 8.59. The van der Waals surface area contributed by atoms with Crippen molar-refractivity contribution in [2.24, 2.45) is 0 Å². The van der Waals surface area contributed by atoms with E-state index < -0.39 is 5.54 Å². The maximum absolute atomic E-state index is 12.4. The number of hydrogen-bond acceptors (Lipinski definition) is 2. The number of benzene rings is 1. The van der Waals surface area contributed by atoms with Crippen LogP contribution in [0.1, 0.15) is 41.6 Å². The molecule has 0 saturated heterocycles. The maximum Gasteiger partial charge on any atom is 0.254 e. The van der Waals surface area contributed by atoms with Gasteiger partial charge in [-0.05, 0) is 44.7 Å². The van der Waals surface area contributed by atoms with Crippen molar-refractivity contribution in [2.75, 3.05) is 7.05 Å². The molecule has 0 bridgehead atoms. The van der Waals surface area contributed by atoms with E-state index in [1.165, 1.54) is 0 Å². The molecule has 3 nitrogen and oxygen atoms in total. The minimum atomic E-state index is -0.595. The lowest BCUT2D eigenvalue weighted by Crippen LogP contribution is -2.46. The van der Waals surface area contributed by atoms with Crippen LogP contribution in [0.2, 0.25) is 0 Å². The molecule has 1 aliphatic rings. The first-order valence-corrected chi connectivity index (χ1v) is 6.35. The number of amides is 1. The fraction of sp³-hybridized carbons (Fsp3) is 0.467. The zero-order valence-corrected chi connectivity index (χ0v) is 10.9. The largest absolute Gasteiger partial charge is 0.323 e. The summed E-state index contributed by atoms with van der Waals surface area (Å²) in [5.41, 5.74) is 1.19. The van der Waals surface area contributed by atoms with Crippen molar-refractivity contribution < 1.29 is 4.79 Å². The number of rotatable bonds is 2. The lowest BCUT2D eigenvalue weighted by molar-refractivity contribution is 0.0663. The van der Waals surface area contributed by atoms with Gasteiger partial charge in [-0.2, -0.15) is 5.26 Å². The second kappa shape index (κ2) is 4.81. The molecule has 0 spiro atoms. The first kappa shape index (κ1) is 12.6. The quantitative estimate of drug-likeness (QED) is 0.800. The average Bonchev–Trinajstić information content (AvgIpc) is 2.88. The molecule has 0 radical (unpaired) electrons. The summed E-state index contributed by atoms with van der Waals surface area (Å²) >= 11 is 0. The molecule has 1 aromatic carbocycles. The molecule has 94 valence electrons. The van der Waals surface area contributed by atoms with E-state index in [0.29, 0.717) is 5.56 Å². The van der Waals surface area contributed by atoms with Gasteiger partial charge in [0, 0.05) is 12.6 Å². The van der Waals surface area contributed by atoms with Gasteiger partial charge in [-0.1, -0.05) is 17.7 Å². The number of aryl methyl sites for hydroxylation is 1. The Morgan fingerprint density at radius 1 is 1.28 bits per heavy atom. The van der Waals surface area contributed by atoms with Gasteiger partial charge in [0.2, 0.25) is 0 Å². The molecule has 18 heavy (non-hydrogen) atoms. The van der Waals surface area contributed by atoms with Crippen LogP contribution in [0.5, 0.6) is 0 Å². The Morgan fingerprint density at radius 3 is 2.33 bits per heavy atom. The second-order valence-corrected chi connectivity index (χ2v) is 5.08. The van der Waals surface area contributed by atoms with Crippen LogP contribution in [0.4, 0.5) is 0 Å². The predicted molar refractivity (Wildman–Crippen MR) is 70.1 cm³/mol. The monoisotopic (exact) mass is 242 g/mol. The van der Waals surface area contributed by atoms with Crippen molar-refractivity contribution in [3.05, 3.63) is 35.4 Å². The molecule has 1 fully saturated rings. The maximum atomic E-state index is 12.4. The molecular formula is C15H18N2O. The molecule has 0 aliphatic heterocycles. The fourth-order valence-electron chi connectivity index (χ4n) is 2.57. The van der Waals surface area contributed by atoms with Gasteiger partial charge in [-0.3, -0.25) is 4.79 Å². The highest BCUT2D eigenvalue weighted by Gasteiger charge is 2.40. The Hall–Kier alpha value is -1.82. The third-order valence-electron chi connectivity index (χ3n) is 3.88. The van der Waals surface area contributed by atoms with Crippen LogP contribution in [0.3, 0.4) is 0 Å². The van der Waals surface area contributed by atoms with Crippen LogP contribution in [0, 0.1) is 18.3 Å². The van der Waals surface area contributed by atoms with Gasteiger partial charge < -0.3 is 4.90 Å². The highest BCUT2D eigenvalue weighted by atomic mass is 16.2. The molecule has 1 aromatic rings. The Balaban J connectivity index is 2.23. The van der Waals surface area contributed by atoms with Crippen molar-refractivity contribution >= 4 is 5.91 Å². The van der Waals surface area contributed by atoms with Gasteiger partial charge in [-0.15, -0.1) is 0 Å². The highest BCUT2D eigenvalue weighted by Crippen LogP contribution is 2.34. The Labute approximate surface area is 108 Å². The molecular weight excluding hydrogens is 224 g/mol. The normalized spacial score (nSPS) is 17.2. The third-order valence-corrected chi connectivity index (χ3v) is 3.88. The minimum absolute atomic E-state index is 0.0570. The summed E-state index contributed by atoms with van der Waals surface area (Å²) in [4.78, 5) is 14.0. The zero-order chi connectivity index (χ0) is 13.2. The van der Waals surface area contributed by atoms with Crippen molar-refractivity contribution in [3.8, 4) is 6.07 Å². The summed E-state index contributed by atoms with van der Waals surface area (Å²) in [7, 11) is 1.75. The minimum Gasteiger partial charge on any atom is -0.323 e. The number of nitriles is 1. The van der Waals surface area contributed by atoms with E-state index >= 15 is 0 Å². The zero-order valence-electron chi connectivity index (χ0n) is 10.9. The van der Waals surface area contributed by atoms with E-state index in [9.17, 15) is 10.1 Å². The number of nitrogens with zero attached hydrogens (tertiary/aromatic N) is 2. The fourth-order valence-corrected chi connectivity index (χ4v) is 2.57. The molecule has 2 rings (SSSR count). The predicted octanol–water partition coefficient (Wildman–Crippen LogP) is 2.90. The van der Waals surface area contributed by atoms with Crippen LogP contribution in [-0.4, -0.2) is 23.4 Å².